The summed E-state index contributed by atoms with van der Waals surface area (Å²) in [4.78, 5) is 53.4. The third-order valence-electron chi connectivity index (χ3n) is 7.29. The Labute approximate surface area is 260 Å². The quantitative estimate of drug-likeness (QED) is 0.123. The molecule has 0 aliphatic carbocycles. The van der Waals surface area contributed by atoms with Crippen molar-refractivity contribution in [2.24, 2.45) is 0 Å². The number of imidazole rings is 1. The lowest BCUT2D eigenvalue weighted by atomic mass is 10.1. The SMILES string of the molecule is Cc1nc2c(ncn2[C@@H]2O[C@@H]3COP(O)(=S)O[C@@H]4C(O)[C@H](n5nnc6c(N)ncnc65)O[C@@H]4COP(O)(=S)O[C@H]2C3O)c(=O)[nH]1. The Balaban J connectivity index is 1.21. The van der Waals surface area contributed by atoms with E-state index in [2.05, 4.69) is 35.2 Å². The van der Waals surface area contributed by atoms with E-state index in [0.29, 0.717) is 0 Å². The number of nitrogens with two attached hydrogens (primary N) is 1. The van der Waals surface area contributed by atoms with Crippen molar-refractivity contribution in [3.63, 3.8) is 0 Å². The predicted molar refractivity (Wildman–Crippen MR) is 155 cm³/mol. The van der Waals surface area contributed by atoms with Crippen LogP contribution in [0.25, 0.3) is 22.3 Å². The van der Waals surface area contributed by atoms with E-state index in [1.807, 2.05) is 0 Å². The van der Waals surface area contributed by atoms with E-state index in [0.717, 1.165) is 4.68 Å². The Bertz CT molecular complexity index is 1940. The largest absolute Gasteiger partial charge is 0.387 e. The molecule has 3 aliphatic rings. The molecule has 0 radical (unpaired) electrons. The summed E-state index contributed by atoms with van der Waals surface area (Å²) in [5, 5.41) is 30.3. The molecule has 4 unspecified atom stereocenters. The minimum absolute atomic E-state index is 0.0164. The van der Waals surface area contributed by atoms with Gasteiger partial charge in [-0.15, -0.1) is 5.10 Å². The monoisotopic (exact) mass is 706 g/mol. The maximum atomic E-state index is 12.4. The van der Waals surface area contributed by atoms with Crippen molar-refractivity contribution >= 4 is 65.2 Å². The molecule has 4 aromatic rings. The number of aromatic amines is 1. The number of hydrogen-bond acceptors (Lipinski definition) is 18. The van der Waals surface area contributed by atoms with Gasteiger partial charge in [-0.1, -0.05) is 5.21 Å². The lowest BCUT2D eigenvalue weighted by molar-refractivity contribution is -0.0633. The number of aliphatic hydroxyl groups excluding tert-OH is 2. The summed E-state index contributed by atoms with van der Waals surface area (Å²) in [6.45, 7) is -7.91. The van der Waals surface area contributed by atoms with Crippen LogP contribution in [0, 0.1) is 6.92 Å². The Hall–Kier alpha value is -2.47. The van der Waals surface area contributed by atoms with E-state index in [4.69, 9.17) is 56.9 Å². The first kappa shape index (κ1) is 31.1. The maximum absolute atomic E-state index is 12.4. The zero-order valence-corrected chi connectivity index (χ0v) is 26.1. The number of H-pyrrole nitrogens is 1. The van der Waals surface area contributed by atoms with Gasteiger partial charge in [-0.05, 0) is 30.5 Å². The summed E-state index contributed by atoms with van der Waals surface area (Å²) < 4.78 is 37.0. The molecule has 2 bridgehead atoms. The van der Waals surface area contributed by atoms with E-state index in [9.17, 15) is 24.8 Å². The highest BCUT2D eigenvalue weighted by Crippen LogP contribution is 2.54. The van der Waals surface area contributed by atoms with Gasteiger partial charge in [0, 0.05) is 0 Å². The molecular formula is C20H24N10O11P2S2. The highest BCUT2D eigenvalue weighted by Gasteiger charge is 2.52. The topological polar surface area (TPSA) is 282 Å². The van der Waals surface area contributed by atoms with Crippen molar-refractivity contribution in [1.82, 2.24) is 44.5 Å². The molecule has 7 N–H and O–H groups in total. The number of aromatic nitrogens is 9. The van der Waals surface area contributed by atoms with Crippen LogP contribution in [-0.2, 0) is 51.2 Å². The fraction of sp³-hybridized carbons (Fsp3) is 0.550. The normalized spacial score (nSPS) is 37.7. The molecule has 3 fully saturated rings. The molecule has 0 aromatic carbocycles. The lowest BCUT2D eigenvalue weighted by Crippen LogP contribution is -2.36. The van der Waals surface area contributed by atoms with E-state index >= 15 is 0 Å². The molecular weight excluding hydrogens is 682 g/mol. The van der Waals surface area contributed by atoms with Crippen LogP contribution in [0.5, 0.6) is 0 Å². The van der Waals surface area contributed by atoms with Gasteiger partial charge in [-0.3, -0.25) is 18.4 Å². The molecule has 45 heavy (non-hydrogen) atoms. The molecule has 3 saturated heterocycles. The standard InChI is InChI=1S/C20H24N10O11P2S2/c1-6-25-17-10(18(33)26-6)24-5-29(17)20-14-11(31)7(38-20)2-36-42(34,44)40-13-8(3-37-43(35,45)41-14)39-19(12(13)32)30-16-9(27-28-30)15(21)22-4-23-16/h4-5,7-8,11-14,19-20,31-32H,2-3H2,1H3,(H,34,44)(H,35,45)(H2,21,22,23)(H,25,26,33)/t7-,8-,11?,12?,13+,14+,19-,20-,42?,43?/m1/s1. The average Bonchev–Trinajstić information content (AvgIpc) is 3.72. The number of nitrogens with zero attached hydrogens (tertiary/aromatic N) is 8. The third kappa shape index (κ3) is 5.61. The van der Waals surface area contributed by atoms with Crippen LogP contribution in [0.15, 0.2) is 17.4 Å². The summed E-state index contributed by atoms with van der Waals surface area (Å²) >= 11 is 10.5. The molecule has 25 heteroatoms. The van der Waals surface area contributed by atoms with Crippen molar-refractivity contribution in [2.45, 2.75) is 56.0 Å². The number of hydrogen-bond donors (Lipinski definition) is 6. The van der Waals surface area contributed by atoms with E-state index in [-0.39, 0.29) is 34.0 Å². The van der Waals surface area contributed by atoms with Gasteiger partial charge in [-0.2, -0.15) is 4.68 Å². The molecule has 7 heterocycles. The van der Waals surface area contributed by atoms with Gasteiger partial charge in [0.15, 0.2) is 40.6 Å². The highest BCUT2D eigenvalue weighted by molar-refractivity contribution is 8.07. The van der Waals surface area contributed by atoms with E-state index in [1.54, 1.807) is 6.92 Å². The van der Waals surface area contributed by atoms with E-state index < -0.39 is 81.3 Å². The molecule has 0 amide bonds. The number of aryl methyl sites for hydroxylation is 1. The van der Waals surface area contributed by atoms with Crippen LogP contribution >= 0.6 is 13.4 Å². The molecule has 7 rings (SSSR count). The van der Waals surface area contributed by atoms with Crippen molar-refractivity contribution in [2.75, 3.05) is 18.9 Å². The Morgan fingerprint density at radius 2 is 1.64 bits per heavy atom. The van der Waals surface area contributed by atoms with Gasteiger partial charge < -0.3 is 49.2 Å². The summed E-state index contributed by atoms with van der Waals surface area (Å²) in [5.41, 5.74) is 5.69. The molecule has 3 aliphatic heterocycles. The van der Waals surface area contributed by atoms with Crippen molar-refractivity contribution < 1.29 is 47.6 Å². The van der Waals surface area contributed by atoms with Crippen LogP contribution in [0.1, 0.15) is 18.3 Å². The predicted octanol–water partition coefficient (Wildman–Crippen LogP) is -1.99. The first-order valence-electron chi connectivity index (χ1n) is 13.1. The van der Waals surface area contributed by atoms with Gasteiger partial charge in [0.2, 0.25) is 0 Å². The van der Waals surface area contributed by atoms with Crippen LogP contribution in [0.2, 0.25) is 0 Å². The zero-order chi connectivity index (χ0) is 31.8. The summed E-state index contributed by atoms with van der Waals surface area (Å²) in [6.07, 6.45) is -8.48. The third-order valence-corrected chi connectivity index (χ3v) is 10.4. The summed E-state index contributed by atoms with van der Waals surface area (Å²) in [6, 6.07) is 0. The number of nitrogens with one attached hydrogen (secondary N) is 1. The molecule has 4 aromatic heterocycles. The second kappa shape index (κ2) is 11.3. The molecule has 242 valence electrons. The minimum atomic E-state index is -4.22. The maximum Gasteiger partial charge on any atom is 0.325 e. The lowest BCUT2D eigenvalue weighted by Gasteiger charge is -2.28. The van der Waals surface area contributed by atoms with Gasteiger partial charge in [0.05, 0.1) is 19.5 Å². The Morgan fingerprint density at radius 1 is 0.956 bits per heavy atom. The number of anilines is 1. The number of fused-ring (bicyclic) bond motifs is 5. The molecule has 21 nitrogen and oxygen atoms in total. The van der Waals surface area contributed by atoms with Crippen LogP contribution < -0.4 is 11.3 Å². The highest BCUT2D eigenvalue weighted by atomic mass is 32.5. The van der Waals surface area contributed by atoms with Crippen molar-refractivity contribution in [3.05, 3.63) is 28.8 Å². The van der Waals surface area contributed by atoms with Crippen LogP contribution in [0.4, 0.5) is 5.82 Å². The zero-order valence-electron chi connectivity index (χ0n) is 22.7. The first-order chi connectivity index (χ1) is 21.3. The molecule has 0 spiro atoms. The van der Waals surface area contributed by atoms with Crippen LogP contribution in [-0.4, -0.2) is 114 Å². The van der Waals surface area contributed by atoms with Gasteiger partial charge >= 0.3 is 13.4 Å². The first-order valence-corrected chi connectivity index (χ1v) is 18.2. The minimum Gasteiger partial charge on any atom is -0.387 e. The van der Waals surface area contributed by atoms with Gasteiger partial charge in [0.25, 0.3) is 5.56 Å². The Morgan fingerprint density at radius 3 is 2.40 bits per heavy atom. The second-order valence-electron chi connectivity index (χ2n) is 10.2. The molecule has 10 atom stereocenters. The number of nitrogen functional groups attached to an aromatic ring is 1. The smallest absolute Gasteiger partial charge is 0.325 e. The van der Waals surface area contributed by atoms with Crippen molar-refractivity contribution in [3.8, 4) is 0 Å². The number of aliphatic hydroxyl groups is 2. The number of rotatable bonds is 2. The van der Waals surface area contributed by atoms with E-state index in [1.165, 1.54) is 17.2 Å². The average molecular weight is 707 g/mol. The molecule has 0 saturated carbocycles. The number of ether oxygens (including phenoxy) is 2. The Kier molecular flexibility index (Phi) is 7.86. The summed E-state index contributed by atoms with van der Waals surface area (Å²) in [5.74, 6) is 0.319. The van der Waals surface area contributed by atoms with Gasteiger partial charge in [-0.25, -0.2) is 19.9 Å². The van der Waals surface area contributed by atoms with Crippen molar-refractivity contribution in [1.29, 1.82) is 0 Å². The van der Waals surface area contributed by atoms with Gasteiger partial charge in [0.1, 0.15) is 48.8 Å². The second-order valence-corrected chi connectivity index (χ2v) is 15.8. The fourth-order valence-corrected chi connectivity index (χ4v) is 8.12. The fourth-order valence-electron chi connectivity index (χ4n) is 5.26. The van der Waals surface area contributed by atoms with Crippen LogP contribution in [0.3, 0.4) is 0 Å². The summed E-state index contributed by atoms with van der Waals surface area (Å²) in [7, 11) is 0.